The molecule has 804 valence electrons. The number of phosphoric ester groups is 4. The minimum absolute atomic E-state index is 0.0375. The summed E-state index contributed by atoms with van der Waals surface area (Å²) in [5.41, 5.74) is 49.4. The summed E-state index contributed by atoms with van der Waals surface area (Å²) in [4.78, 5) is 235. The summed E-state index contributed by atoms with van der Waals surface area (Å²) in [5, 5.41) is 13.6. The number of aromatic nitrogens is 10. The van der Waals surface area contributed by atoms with Gasteiger partial charge in [-0.15, -0.1) is 0 Å². The highest BCUT2D eigenvalue weighted by atomic mass is 31.3. The van der Waals surface area contributed by atoms with Crippen molar-refractivity contribution >= 4 is 134 Å². The highest BCUT2D eigenvalue weighted by molar-refractivity contribution is 7.68. The number of ether oxygens (including phenoxy) is 8. The number of aromatic amines is 2. The van der Waals surface area contributed by atoms with Crippen molar-refractivity contribution in [2.45, 2.75) is 157 Å². The van der Waals surface area contributed by atoms with E-state index in [-0.39, 0.29) is 59.9 Å². The zero-order valence-electron chi connectivity index (χ0n) is 72.9. The van der Waals surface area contributed by atoms with Crippen LogP contribution in [0, 0.1) is 33.2 Å². The van der Waals surface area contributed by atoms with E-state index in [0.29, 0.717) is 11.0 Å². The molecule has 4 saturated heterocycles. The van der Waals surface area contributed by atoms with Crippen LogP contribution in [0.1, 0.15) is 83.9 Å². The van der Waals surface area contributed by atoms with E-state index >= 15 is 0 Å². The van der Waals surface area contributed by atoms with Gasteiger partial charge in [-0.05, 0) is 47.2 Å². The number of aryl methyl sites for hydroxylation is 1. The third-order valence-electron chi connectivity index (χ3n) is 17.6. The smallest absolute Gasteiger partial charge is 0.383 e. The van der Waals surface area contributed by atoms with Crippen LogP contribution in [0.2, 0.25) is 0 Å². The van der Waals surface area contributed by atoms with Gasteiger partial charge in [0.25, 0.3) is 11.1 Å². The van der Waals surface area contributed by atoms with Crippen molar-refractivity contribution in [3.8, 4) is 0 Å². The molecule has 6 aromatic heterocycles. The van der Waals surface area contributed by atoms with E-state index < -0.39 is 240 Å². The maximum atomic E-state index is 12.2. The van der Waals surface area contributed by atoms with Crippen molar-refractivity contribution < 1.29 is 224 Å². The summed E-state index contributed by atoms with van der Waals surface area (Å²) >= 11 is 0. The van der Waals surface area contributed by atoms with E-state index in [0.717, 1.165) is 43.0 Å². The molecule has 16 unspecified atom stereocenters. The van der Waals surface area contributed by atoms with Crippen molar-refractivity contribution in [1.82, 2.24) is 48.2 Å². The lowest BCUT2D eigenvalue weighted by molar-refractivity contribution is -0.0993. The van der Waals surface area contributed by atoms with Gasteiger partial charge in [0, 0.05) is 124 Å². The van der Waals surface area contributed by atoms with Crippen LogP contribution >= 0.6 is 93.9 Å². The lowest BCUT2D eigenvalue weighted by Gasteiger charge is -2.23. The second kappa shape index (κ2) is 48.6. The monoisotopic (exact) mass is 2320 g/mol. The van der Waals surface area contributed by atoms with Crippen LogP contribution in [0.25, 0.3) is 83.2 Å². The fraction of sp³-hybridized carbons (Fsp3) is 0.547. The minimum Gasteiger partial charge on any atom is -0.383 e. The first-order valence-electron chi connectivity index (χ1n) is 37.8. The largest absolute Gasteiger partial charge is 0.490 e. The molecular formula is C53H75N29O52P12. The number of anilines is 3. The van der Waals surface area contributed by atoms with Gasteiger partial charge >= 0.3 is 129 Å². The Hall–Kier alpha value is -9.48. The molecule has 0 radical (unpaired) electrons. The fourth-order valence-electron chi connectivity index (χ4n) is 12.2. The van der Waals surface area contributed by atoms with Crippen molar-refractivity contribution in [3.63, 3.8) is 0 Å². The normalized spacial score (nSPS) is 25.0. The molecule has 24 N–H and O–H groups in total. The van der Waals surface area contributed by atoms with E-state index in [1.165, 1.54) is 46.9 Å². The number of rotatable bonds is 44. The summed E-state index contributed by atoms with van der Waals surface area (Å²) < 4.78 is 235. The molecule has 0 saturated carbocycles. The number of azide groups is 4. The van der Waals surface area contributed by atoms with Crippen LogP contribution < -0.4 is 39.7 Å². The van der Waals surface area contributed by atoms with Gasteiger partial charge in [-0.2, -0.15) is 44.5 Å². The Morgan fingerprint density at radius 2 is 0.705 bits per heavy atom. The summed E-state index contributed by atoms with van der Waals surface area (Å²) in [7, 11) is -67.5. The molecule has 0 spiro atoms. The molecule has 4 aliphatic rings. The van der Waals surface area contributed by atoms with Gasteiger partial charge in [-0.25, -0.2) is 101 Å². The number of hydrogen-bond donors (Lipinski definition) is 21. The van der Waals surface area contributed by atoms with Crippen LogP contribution in [0.5, 0.6) is 0 Å². The van der Waals surface area contributed by atoms with E-state index in [9.17, 15) is 113 Å². The Balaban J connectivity index is 0.000000264. The van der Waals surface area contributed by atoms with Gasteiger partial charge in [-0.3, -0.25) is 85.1 Å². The number of fused-ring (bicyclic) bond motifs is 2. The third-order valence-corrected chi connectivity index (χ3v) is 32.8. The minimum atomic E-state index is -5.78. The van der Waals surface area contributed by atoms with Crippen LogP contribution in [-0.2, 0) is 145 Å². The SMILES string of the molecule is [C-]#[N+]C(C)(N=[N+]=[N-])OC1C[C@H](n2cc(C)c(=O)[nH]c2=O)O[C@@H]1COP(=O)(O)OP(=O)(O)OP(=O)(O)O.[C-]#[N+]C(C)(N=[N+]=[N-])OC1C[C@H](n2ccc(N)nc2=O)O[C@@H]1COP(=O)(O)OP(=O)(O)OP(=O)(O)O.[C-]#[N+]C(C)(N=[N+]=[N-])OC1C[C@H](n2ccc3c(=O)[nH]c(N)nc32)O[C@@H]1COP(=O)(O)OP(=O)(O)OP(=O)(O)O.[C-]#[N+]C(C)(N=[N+]=[N-])OC1C[C@H](n2ccc3c(N)ncnc32)O[C@@H]1COP(=O)(O)OP(=O)(O)OP(=O)(O)O. The topological polar surface area (TPSA) is 1170 Å². The molecule has 10 rings (SSSR count). The van der Waals surface area contributed by atoms with Gasteiger partial charge in [-0.1, -0.05) is 0 Å². The standard InChI is InChI=1S/C14H19N8O13P3.C14H19N8O12P3.C13H19N6O14P3.C12H18N7O13P3/c1-14(17-2,20-21-16)33-8-5-10(22-4-3-7-11(22)18-13(15)19-12(7)23)32-9(8)6-31-37(27,28)35-38(29,30)34-36(24,25)26;1-14(17-2,20-21-16)32-9-5-11(22-4-3-8-12(15)18-7-19-13(8)22)31-10(9)6-30-36(26,27)34-37(28,29)33-35(23,24)25;1-7-5-19(12(21)16-11(7)20)10-4-8(31-13(2,15-3)17-18-14)9(30-10)6-29-35(25,26)33-36(27,28)32-34(22,23)24;1-12(15-2,17-18-14)30-7-5-10(19-4-3-9(13)16-11(19)20)29-8(7)6-28-34(24,25)32-35(26,27)31-33(21,22)23/h3-4,8-10H,5-6H2,1H3,(H,27,28)(H,29,30)(H2,24,25,26)(H3,15,18,19,23);3-4,7,9-11H,5-6H2,1H3,(H,26,27)(H,28,29)(H2,15,18,19)(H2,23,24,25);5,8-10H,4,6H2,1-2H3,(H,25,26)(H,27,28)(H,16,20,21)(H2,22,23,24);3-4,7-8,10H,5-6H2,1H3,(H,24,25)(H,26,27)(H2,13,16,20)(H2,21,22,23)/t8?,9-,10-,14?;9?,10-,11-,14?;8?,9-,10-,13?;7?,8-,10-,12?/m1111/s1. The lowest BCUT2D eigenvalue weighted by Crippen LogP contribution is -2.35. The van der Waals surface area contributed by atoms with Crippen molar-refractivity contribution in [2.75, 3.05) is 43.6 Å². The van der Waals surface area contributed by atoms with E-state index in [4.69, 9.17) is 143 Å². The fourth-order valence-corrected chi connectivity index (χ4v) is 24.3. The van der Waals surface area contributed by atoms with Crippen LogP contribution in [-0.4, -0.2) is 225 Å². The van der Waals surface area contributed by atoms with Gasteiger partial charge < -0.3 is 124 Å². The van der Waals surface area contributed by atoms with E-state index in [2.05, 4.69) is 137 Å². The molecule has 4 aliphatic heterocycles. The molecule has 0 bridgehead atoms. The molecule has 6 aromatic rings. The van der Waals surface area contributed by atoms with Gasteiger partial charge in [0.1, 0.15) is 72.9 Å². The summed E-state index contributed by atoms with van der Waals surface area (Å²) in [5.74, 6) is -8.48. The number of H-pyrrole nitrogens is 2. The molecule has 146 heavy (non-hydrogen) atoms. The number of phosphoric acid groups is 12. The average molecular weight is 2320 g/mol. The van der Waals surface area contributed by atoms with Crippen molar-refractivity contribution in [3.05, 3.63) is 184 Å². The Morgan fingerprint density at radius 3 is 1.01 bits per heavy atom. The Kier molecular flexibility index (Phi) is 41.1. The van der Waals surface area contributed by atoms with Gasteiger partial charge in [0.05, 0.1) is 61.6 Å². The first-order chi connectivity index (χ1) is 66.9. The number of nitrogens with one attached hydrogen (secondary N) is 2. The van der Waals surface area contributed by atoms with Crippen LogP contribution in [0.4, 0.5) is 17.6 Å². The predicted octanol–water partition coefficient (Wildman–Crippen LogP) is 4.67. The molecule has 10 heterocycles. The molecule has 24 atom stereocenters. The number of hydrogen-bond acceptors (Lipinski definition) is 47. The maximum Gasteiger partial charge on any atom is 0.490 e. The van der Waals surface area contributed by atoms with Crippen molar-refractivity contribution in [1.29, 1.82) is 0 Å². The zero-order valence-corrected chi connectivity index (χ0v) is 83.6. The zero-order chi connectivity index (χ0) is 110. The van der Waals surface area contributed by atoms with Gasteiger partial charge in [0.2, 0.25) is 5.95 Å². The van der Waals surface area contributed by atoms with E-state index in [1.807, 2.05) is 4.98 Å². The second-order valence-corrected chi connectivity index (χ2v) is 46.4. The third kappa shape index (κ3) is 37.9. The highest BCUT2D eigenvalue weighted by Gasteiger charge is 2.54. The second-order valence-electron chi connectivity index (χ2n) is 28.7. The lowest BCUT2D eigenvalue weighted by atomic mass is 10.2. The summed E-state index contributed by atoms with van der Waals surface area (Å²) in [6.45, 7) is 31.0. The summed E-state index contributed by atoms with van der Waals surface area (Å²) in [6.07, 6.45) is -8.57. The quantitative estimate of drug-likeness (QED) is 0.00812. The first-order valence-corrected chi connectivity index (χ1v) is 55.8. The predicted molar refractivity (Wildman–Crippen MR) is 465 cm³/mol. The Morgan fingerprint density at radius 1 is 0.411 bits per heavy atom. The van der Waals surface area contributed by atoms with E-state index in [1.54, 1.807) is 12.3 Å². The molecule has 0 aromatic carbocycles. The Labute approximate surface area is 807 Å². The number of nitrogens with two attached hydrogens (primary N) is 3. The molecule has 0 aliphatic carbocycles. The molecule has 0 amide bonds. The van der Waals surface area contributed by atoms with Crippen LogP contribution in [0.15, 0.2) is 88.9 Å². The summed E-state index contributed by atoms with van der Waals surface area (Å²) in [6, 6.07) is 4.28. The highest BCUT2D eigenvalue weighted by Crippen LogP contribution is 2.70. The number of nitrogens with zero attached hydrogens (tertiary/aromatic N) is 24. The molecule has 81 nitrogen and oxygen atoms in total. The number of nitrogen functional groups attached to an aromatic ring is 3. The molecule has 4 fully saturated rings. The van der Waals surface area contributed by atoms with Gasteiger partial charge in [0.15, 0.2) is 5.65 Å². The molecule has 93 heteroatoms. The Bertz CT molecular complexity index is 7140. The maximum absolute atomic E-state index is 12.2. The molecular weight excluding hydrogens is 2250 g/mol. The van der Waals surface area contributed by atoms with Crippen LogP contribution in [0.3, 0.4) is 0 Å². The first kappa shape index (κ1) is 123. The van der Waals surface area contributed by atoms with Crippen molar-refractivity contribution in [2.24, 2.45) is 20.5 Å². The average Bonchev–Trinajstić information content (AvgIpc) is 1.63.